The zero-order valence-electron chi connectivity index (χ0n) is 26.1. The highest BCUT2D eigenvalue weighted by molar-refractivity contribution is 6.30. The summed E-state index contributed by atoms with van der Waals surface area (Å²) in [5, 5.41) is 0. The SMILES string of the molecule is CCCCCO[C@H]1CC[C@H](C2CCC3(CC2)C(=O)C2(CCC([C@H]4CC[C@H](OCCCCC)CC4)CC2)C3=O)CC1. The molecule has 228 valence electrons. The molecular formula is C36H60O4. The lowest BCUT2D eigenvalue weighted by atomic mass is 9.41. The molecule has 0 bridgehead atoms. The molecule has 0 N–H and O–H groups in total. The van der Waals surface area contributed by atoms with Crippen LogP contribution in [0.25, 0.3) is 0 Å². The van der Waals surface area contributed by atoms with Crippen LogP contribution in [0.5, 0.6) is 0 Å². The Kier molecular flexibility index (Phi) is 10.9. The van der Waals surface area contributed by atoms with E-state index in [0.717, 1.165) is 76.4 Å². The minimum Gasteiger partial charge on any atom is -0.378 e. The first-order chi connectivity index (χ1) is 19.5. The Balaban J connectivity index is 1.02. The lowest BCUT2D eigenvalue weighted by Gasteiger charge is -2.58. The molecule has 40 heavy (non-hydrogen) atoms. The van der Waals surface area contributed by atoms with Gasteiger partial charge in [-0.25, -0.2) is 0 Å². The topological polar surface area (TPSA) is 52.6 Å². The number of ketones is 2. The van der Waals surface area contributed by atoms with Crippen molar-refractivity contribution in [2.24, 2.45) is 34.5 Å². The van der Waals surface area contributed by atoms with Gasteiger partial charge in [-0.1, -0.05) is 39.5 Å². The van der Waals surface area contributed by atoms with Gasteiger partial charge in [0.05, 0.1) is 23.0 Å². The summed E-state index contributed by atoms with van der Waals surface area (Å²) in [6.07, 6.45) is 26.0. The standard InChI is InChI=1S/C36H60O4/c1-3-5-7-25-39-31-13-9-27(10-14-31)29-17-21-35(22-18-29)33(37)36(34(35)38)23-19-30(20-24-36)28-11-15-32(16-12-28)40-26-8-6-4-2/h27-32H,3-26H2,1-2H3/t27-,28-,29?,30?,31-,32-,35?,36?. The van der Waals surface area contributed by atoms with Crippen molar-refractivity contribution in [2.45, 2.75) is 167 Å². The molecule has 5 rings (SSSR count). The summed E-state index contributed by atoms with van der Waals surface area (Å²) in [4.78, 5) is 27.6. The quantitative estimate of drug-likeness (QED) is 0.178. The van der Waals surface area contributed by atoms with Gasteiger partial charge in [0.25, 0.3) is 0 Å². The van der Waals surface area contributed by atoms with Crippen molar-refractivity contribution in [3.05, 3.63) is 0 Å². The Bertz CT molecular complexity index is 719. The normalized spacial score (nSPS) is 40.5. The van der Waals surface area contributed by atoms with Gasteiger partial charge in [0.2, 0.25) is 0 Å². The predicted octanol–water partition coefficient (Wildman–Crippen LogP) is 9.02. The minimum absolute atomic E-state index is 0.371. The van der Waals surface area contributed by atoms with Crippen molar-refractivity contribution in [1.29, 1.82) is 0 Å². The fourth-order valence-corrected chi connectivity index (χ4v) is 9.83. The van der Waals surface area contributed by atoms with E-state index in [9.17, 15) is 9.59 Å². The molecule has 4 nitrogen and oxygen atoms in total. The lowest BCUT2D eigenvalue weighted by molar-refractivity contribution is -0.179. The van der Waals surface area contributed by atoms with Crippen LogP contribution in [0.2, 0.25) is 0 Å². The molecule has 0 aromatic heterocycles. The number of ether oxygens (including phenoxy) is 2. The molecule has 0 unspecified atom stereocenters. The van der Waals surface area contributed by atoms with Crippen LogP contribution in [0.15, 0.2) is 0 Å². The summed E-state index contributed by atoms with van der Waals surface area (Å²) in [5.74, 6) is 3.72. The molecular weight excluding hydrogens is 496 g/mol. The van der Waals surface area contributed by atoms with Gasteiger partial charge in [0, 0.05) is 13.2 Å². The van der Waals surface area contributed by atoms with Gasteiger partial charge in [-0.2, -0.15) is 0 Å². The Morgan fingerprint density at radius 3 is 1.15 bits per heavy atom. The second kappa shape index (κ2) is 14.2. The molecule has 0 radical (unpaired) electrons. The average Bonchev–Trinajstić information content (AvgIpc) is 3.02. The molecule has 0 saturated heterocycles. The van der Waals surface area contributed by atoms with Crippen LogP contribution in [-0.2, 0) is 19.1 Å². The fourth-order valence-electron chi connectivity index (χ4n) is 9.83. The largest absolute Gasteiger partial charge is 0.378 e. The van der Waals surface area contributed by atoms with E-state index in [1.165, 1.54) is 89.9 Å². The molecule has 4 heteroatoms. The van der Waals surface area contributed by atoms with Gasteiger partial charge in [-0.05, 0) is 139 Å². The van der Waals surface area contributed by atoms with E-state index in [1.54, 1.807) is 0 Å². The molecule has 5 fully saturated rings. The maximum atomic E-state index is 13.8. The molecule has 0 aliphatic heterocycles. The third-order valence-electron chi connectivity index (χ3n) is 12.5. The van der Waals surface area contributed by atoms with E-state index in [-0.39, 0.29) is 0 Å². The summed E-state index contributed by atoms with van der Waals surface area (Å²) in [5.41, 5.74) is -1.17. The van der Waals surface area contributed by atoms with E-state index >= 15 is 0 Å². The van der Waals surface area contributed by atoms with Gasteiger partial charge < -0.3 is 9.47 Å². The fraction of sp³-hybridized carbons (Fsp3) is 0.944. The Hall–Kier alpha value is -0.740. The zero-order chi connectivity index (χ0) is 28.0. The van der Waals surface area contributed by atoms with Crippen molar-refractivity contribution in [1.82, 2.24) is 0 Å². The van der Waals surface area contributed by atoms with Crippen LogP contribution in [0.3, 0.4) is 0 Å². The maximum Gasteiger partial charge on any atom is 0.159 e. The maximum absolute atomic E-state index is 13.8. The van der Waals surface area contributed by atoms with E-state index in [1.807, 2.05) is 0 Å². The number of carbonyl (C=O) groups excluding carboxylic acids is 2. The number of hydrogen-bond acceptors (Lipinski definition) is 4. The molecule has 5 aliphatic carbocycles. The molecule has 0 amide bonds. The smallest absolute Gasteiger partial charge is 0.159 e. The molecule has 5 saturated carbocycles. The second-order valence-corrected chi connectivity index (χ2v) is 14.7. The Morgan fingerprint density at radius 2 is 0.825 bits per heavy atom. The van der Waals surface area contributed by atoms with Crippen molar-refractivity contribution in [3.63, 3.8) is 0 Å². The van der Waals surface area contributed by atoms with Gasteiger partial charge in [0.15, 0.2) is 11.6 Å². The Labute approximate surface area is 245 Å². The van der Waals surface area contributed by atoms with Crippen molar-refractivity contribution >= 4 is 11.6 Å². The molecule has 5 aliphatic rings. The molecule has 2 spiro atoms. The molecule has 0 atom stereocenters. The molecule has 0 heterocycles. The number of carbonyl (C=O) groups is 2. The number of rotatable bonds is 12. The first kappa shape index (κ1) is 30.7. The molecule has 0 aromatic rings. The molecule has 0 aromatic carbocycles. The predicted molar refractivity (Wildman–Crippen MR) is 161 cm³/mol. The summed E-state index contributed by atoms with van der Waals surface area (Å²) in [6, 6.07) is 0. The van der Waals surface area contributed by atoms with Crippen LogP contribution in [0, 0.1) is 34.5 Å². The number of hydrogen-bond donors (Lipinski definition) is 0. The van der Waals surface area contributed by atoms with Crippen LogP contribution in [-0.4, -0.2) is 37.0 Å². The zero-order valence-corrected chi connectivity index (χ0v) is 26.1. The van der Waals surface area contributed by atoms with Gasteiger partial charge in [-0.15, -0.1) is 0 Å². The van der Waals surface area contributed by atoms with E-state index < -0.39 is 10.8 Å². The number of unbranched alkanes of at least 4 members (excludes halogenated alkanes) is 4. The average molecular weight is 557 g/mol. The van der Waals surface area contributed by atoms with Crippen LogP contribution in [0.1, 0.15) is 155 Å². The Morgan fingerprint density at radius 1 is 0.500 bits per heavy atom. The highest BCUT2D eigenvalue weighted by atomic mass is 16.5. The van der Waals surface area contributed by atoms with Crippen LogP contribution < -0.4 is 0 Å². The van der Waals surface area contributed by atoms with Gasteiger partial charge >= 0.3 is 0 Å². The number of Topliss-reactive ketones (excluding diaryl/α,β-unsaturated/α-hetero) is 2. The third-order valence-corrected chi connectivity index (χ3v) is 12.5. The highest BCUT2D eigenvalue weighted by Gasteiger charge is 2.71. The second-order valence-electron chi connectivity index (χ2n) is 14.7. The summed E-state index contributed by atoms with van der Waals surface area (Å²) in [6.45, 7) is 6.34. The van der Waals surface area contributed by atoms with Gasteiger partial charge in [-0.3, -0.25) is 9.59 Å². The summed E-state index contributed by atoms with van der Waals surface area (Å²) < 4.78 is 12.3. The van der Waals surface area contributed by atoms with Crippen molar-refractivity contribution in [3.8, 4) is 0 Å². The van der Waals surface area contributed by atoms with Gasteiger partial charge in [0.1, 0.15) is 0 Å². The highest BCUT2D eigenvalue weighted by Crippen LogP contribution is 2.62. The first-order valence-electron chi connectivity index (χ1n) is 17.9. The lowest BCUT2D eigenvalue weighted by Crippen LogP contribution is -2.68. The minimum atomic E-state index is -0.587. The van der Waals surface area contributed by atoms with E-state index in [2.05, 4.69) is 13.8 Å². The van der Waals surface area contributed by atoms with Crippen LogP contribution >= 0.6 is 0 Å². The van der Waals surface area contributed by atoms with Crippen molar-refractivity contribution < 1.29 is 19.1 Å². The summed E-state index contributed by atoms with van der Waals surface area (Å²) >= 11 is 0. The monoisotopic (exact) mass is 556 g/mol. The van der Waals surface area contributed by atoms with E-state index in [0.29, 0.717) is 35.6 Å². The summed E-state index contributed by atoms with van der Waals surface area (Å²) in [7, 11) is 0. The van der Waals surface area contributed by atoms with Crippen LogP contribution in [0.4, 0.5) is 0 Å². The van der Waals surface area contributed by atoms with E-state index in [4.69, 9.17) is 9.47 Å². The first-order valence-corrected chi connectivity index (χ1v) is 17.9. The third kappa shape index (κ3) is 6.43. The van der Waals surface area contributed by atoms with Crippen molar-refractivity contribution in [2.75, 3.05) is 13.2 Å².